The van der Waals surface area contributed by atoms with E-state index in [0.717, 1.165) is 44.9 Å². The molecule has 0 saturated heterocycles. The van der Waals surface area contributed by atoms with Crippen LogP contribution in [0, 0.1) is 50.7 Å². The normalized spacial score (nSPS) is 57.9. The molecule has 0 heterocycles. The van der Waals surface area contributed by atoms with Crippen molar-refractivity contribution in [3.8, 4) is 0 Å². The summed E-state index contributed by atoms with van der Waals surface area (Å²) in [6, 6.07) is 0. The lowest BCUT2D eigenvalue weighted by Gasteiger charge is -2.72. The molecular weight excluding hydrogens is 412 g/mol. The first-order chi connectivity index (χ1) is 15.4. The van der Waals surface area contributed by atoms with Crippen LogP contribution in [0.3, 0.4) is 0 Å². The van der Waals surface area contributed by atoms with Crippen LogP contribution in [-0.4, -0.2) is 45.8 Å². The van der Waals surface area contributed by atoms with Crippen molar-refractivity contribution in [3.05, 3.63) is 23.8 Å². The van der Waals surface area contributed by atoms with Crippen LogP contribution < -0.4 is 0 Å². The zero-order valence-corrected chi connectivity index (χ0v) is 21.3. The Balaban J connectivity index is 1.55. The Morgan fingerprint density at radius 1 is 0.848 bits per heavy atom. The lowest BCUT2D eigenvalue weighted by molar-refractivity contribution is -0.242. The van der Waals surface area contributed by atoms with E-state index in [4.69, 9.17) is 0 Å². The van der Waals surface area contributed by atoms with Crippen LogP contribution in [0.5, 0.6) is 0 Å². The zero-order chi connectivity index (χ0) is 24.0. The van der Waals surface area contributed by atoms with Crippen molar-refractivity contribution < 1.29 is 20.4 Å². The second-order valence-corrected chi connectivity index (χ2v) is 13.8. The molecule has 11 atom stereocenters. The maximum atomic E-state index is 11.5. The van der Waals surface area contributed by atoms with E-state index in [9.17, 15) is 20.4 Å². The zero-order valence-electron chi connectivity index (χ0n) is 21.3. The number of hydrogen-bond donors (Lipinski definition) is 4. The molecule has 5 aliphatic rings. The van der Waals surface area contributed by atoms with E-state index < -0.39 is 23.0 Å². The van der Waals surface area contributed by atoms with E-state index in [-0.39, 0.29) is 35.4 Å². The molecule has 33 heavy (non-hydrogen) atoms. The maximum absolute atomic E-state index is 11.5. The van der Waals surface area contributed by atoms with E-state index >= 15 is 0 Å². The maximum Gasteiger partial charge on any atom is 0.0721 e. The van der Waals surface area contributed by atoms with Gasteiger partial charge < -0.3 is 20.4 Å². The summed E-state index contributed by atoms with van der Waals surface area (Å²) in [4.78, 5) is 0. The third kappa shape index (κ3) is 2.84. The van der Waals surface area contributed by atoms with Gasteiger partial charge in [0.2, 0.25) is 0 Å². The van der Waals surface area contributed by atoms with Gasteiger partial charge in [-0.1, -0.05) is 52.8 Å². The highest BCUT2D eigenvalue weighted by Crippen LogP contribution is 2.74. The number of rotatable bonds is 2. The summed E-state index contributed by atoms with van der Waals surface area (Å²) in [5.74, 6) is 1.39. The summed E-state index contributed by atoms with van der Waals surface area (Å²) < 4.78 is 0. The average molecular weight is 459 g/mol. The van der Waals surface area contributed by atoms with Crippen molar-refractivity contribution in [2.45, 2.75) is 91.8 Å². The molecule has 5 rings (SSSR count). The fraction of sp³-hybridized carbons (Fsp3) is 0.862. The van der Waals surface area contributed by atoms with Gasteiger partial charge in [-0.2, -0.15) is 0 Å². The van der Waals surface area contributed by atoms with Crippen LogP contribution in [-0.2, 0) is 0 Å². The van der Waals surface area contributed by atoms with E-state index in [1.54, 1.807) is 0 Å². The predicted molar refractivity (Wildman–Crippen MR) is 130 cm³/mol. The molecule has 5 aliphatic carbocycles. The fourth-order valence-electron chi connectivity index (χ4n) is 10.2. The van der Waals surface area contributed by atoms with Crippen molar-refractivity contribution >= 4 is 0 Å². The van der Waals surface area contributed by atoms with Crippen LogP contribution in [0.2, 0.25) is 0 Å². The van der Waals surface area contributed by atoms with Crippen molar-refractivity contribution in [2.24, 2.45) is 50.7 Å². The largest absolute Gasteiger partial charge is 0.396 e. The number of aliphatic hydroxyl groups is 4. The Kier molecular flexibility index (Phi) is 5.40. The second kappa shape index (κ2) is 7.41. The first-order valence-electron chi connectivity index (χ1n) is 13.4. The monoisotopic (exact) mass is 458 g/mol. The molecule has 0 aromatic rings. The first-order valence-corrected chi connectivity index (χ1v) is 13.4. The van der Waals surface area contributed by atoms with Crippen molar-refractivity contribution in [2.75, 3.05) is 13.2 Å². The molecule has 0 radical (unpaired) electrons. The fourth-order valence-corrected chi connectivity index (χ4v) is 10.2. The highest BCUT2D eigenvalue weighted by atomic mass is 16.3. The molecule has 4 nitrogen and oxygen atoms in total. The summed E-state index contributed by atoms with van der Waals surface area (Å²) in [6.45, 7) is 11.6. The number of allylic oxidation sites excluding steroid dienone is 2. The van der Waals surface area contributed by atoms with Gasteiger partial charge in [-0.25, -0.2) is 0 Å². The van der Waals surface area contributed by atoms with Gasteiger partial charge in [0.1, 0.15) is 0 Å². The molecule has 0 aromatic heterocycles. The van der Waals surface area contributed by atoms with Gasteiger partial charge in [0.25, 0.3) is 0 Å². The molecule has 4 N–H and O–H groups in total. The van der Waals surface area contributed by atoms with Gasteiger partial charge in [-0.05, 0) is 84.5 Å². The van der Waals surface area contributed by atoms with Crippen LogP contribution in [0.15, 0.2) is 23.8 Å². The van der Waals surface area contributed by atoms with Gasteiger partial charge in [0.15, 0.2) is 0 Å². The number of fused-ring (bicyclic) bond motifs is 7. The molecule has 3 saturated carbocycles. The van der Waals surface area contributed by atoms with E-state index in [2.05, 4.69) is 39.8 Å². The Hall–Kier alpha value is -0.680. The molecule has 0 bridgehead atoms. The Bertz CT molecular complexity index is 866. The van der Waals surface area contributed by atoms with Crippen molar-refractivity contribution in [1.82, 2.24) is 0 Å². The minimum absolute atomic E-state index is 0.0282. The predicted octanol–water partition coefficient (Wildman–Crippen LogP) is 4.47. The second-order valence-electron chi connectivity index (χ2n) is 13.8. The lowest BCUT2D eigenvalue weighted by atomic mass is 9.33. The highest BCUT2D eigenvalue weighted by Gasteiger charge is 2.69. The quantitative estimate of drug-likeness (QED) is 0.492. The van der Waals surface area contributed by atoms with Crippen LogP contribution in [0.1, 0.15) is 79.6 Å². The van der Waals surface area contributed by atoms with Gasteiger partial charge in [0, 0.05) is 16.7 Å². The Morgan fingerprint density at radius 2 is 1.58 bits per heavy atom. The van der Waals surface area contributed by atoms with E-state index in [1.165, 1.54) is 5.57 Å². The van der Waals surface area contributed by atoms with Crippen LogP contribution >= 0.6 is 0 Å². The van der Waals surface area contributed by atoms with Crippen LogP contribution in [0.4, 0.5) is 0 Å². The average Bonchev–Trinajstić information content (AvgIpc) is 2.79. The third-order valence-electron chi connectivity index (χ3n) is 12.7. The summed E-state index contributed by atoms with van der Waals surface area (Å²) in [7, 11) is 0. The number of aliphatic hydroxyl groups excluding tert-OH is 4. The van der Waals surface area contributed by atoms with E-state index in [0.29, 0.717) is 17.8 Å². The molecule has 3 fully saturated rings. The lowest BCUT2D eigenvalue weighted by Crippen LogP contribution is -2.67. The van der Waals surface area contributed by atoms with E-state index in [1.807, 2.05) is 13.0 Å². The molecule has 11 unspecified atom stereocenters. The molecule has 0 spiro atoms. The minimum Gasteiger partial charge on any atom is -0.396 e. The molecule has 0 aliphatic heterocycles. The van der Waals surface area contributed by atoms with Crippen LogP contribution in [0.25, 0.3) is 0 Å². The first kappa shape index (κ1) is 24.0. The summed E-state index contributed by atoms with van der Waals surface area (Å²) in [5, 5.41) is 42.9. The smallest absolute Gasteiger partial charge is 0.0721 e. The Morgan fingerprint density at radius 3 is 2.24 bits per heavy atom. The number of hydrogen-bond acceptors (Lipinski definition) is 4. The highest BCUT2D eigenvalue weighted by molar-refractivity contribution is 5.36. The van der Waals surface area contributed by atoms with Gasteiger partial charge in [0.05, 0.1) is 25.4 Å². The molecule has 186 valence electrons. The summed E-state index contributed by atoms with van der Waals surface area (Å²) in [5.41, 5.74) is 0.631. The van der Waals surface area contributed by atoms with Crippen molar-refractivity contribution in [1.29, 1.82) is 0 Å². The molecular formula is C29H46O4. The topological polar surface area (TPSA) is 80.9 Å². The molecule has 0 aromatic carbocycles. The standard InChI is InChI=1S/C29H46O4/c1-25(16-30)12-8-18-9-14-28(4)19(23(18)24(25)33)6-7-21-26(2)13-11-22(32)27(3,17-31)20(26)10-15-29(21,28)5/h8-9,12,19-24,30-33H,6-7,10-11,13-17H2,1-5H3. The molecule has 0 amide bonds. The summed E-state index contributed by atoms with van der Waals surface area (Å²) >= 11 is 0. The Labute approximate surface area is 200 Å². The van der Waals surface area contributed by atoms with Crippen molar-refractivity contribution in [3.63, 3.8) is 0 Å². The summed E-state index contributed by atoms with van der Waals surface area (Å²) in [6.07, 6.45) is 12.9. The molecule has 4 heteroatoms. The SMILES string of the molecule is CC1(CO)C=CC2=CCC3(C)C(CCC4C5(C)CCC(O)C(C)(CO)C5CCC43C)C2C1O. The third-order valence-corrected chi connectivity index (χ3v) is 12.7. The van der Waals surface area contributed by atoms with Gasteiger partial charge >= 0.3 is 0 Å². The minimum atomic E-state index is -0.579. The van der Waals surface area contributed by atoms with Gasteiger partial charge in [-0.3, -0.25) is 0 Å². The van der Waals surface area contributed by atoms with Gasteiger partial charge in [-0.15, -0.1) is 0 Å².